The number of hydrogen-bond donors (Lipinski definition) is 2. The Morgan fingerprint density at radius 3 is 2.15 bits per heavy atom. The van der Waals surface area contributed by atoms with Crippen LogP contribution >= 0.6 is 23.2 Å². The van der Waals surface area contributed by atoms with Crippen LogP contribution in [0.15, 0.2) is 18.2 Å². The van der Waals surface area contributed by atoms with Crippen molar-refractivity contribution in [3.63, 3.8) is 0 Å². The highest BCUT2D eigenvalue weighted by atomic mass is 35.5. The third kappa shape index (κ3) is 6.43. The fraction of sp³-hybridized carbons (Fsp3) is 0.556. The van der Waals surface area contributed by atoms with Crippen LogP contribution in [0.25, 0.3) is 0 Å². The fourth-order valence-electron chi connectivity index (χ4n) is 2.92. The summed E-state index contributed by atoms with van der Waals surface area (Å²) in [7, 11) is 0. The van der Waals surface area contributed by atoms with Gasteiger partial charge in [0.15, 0.2) is 0 Å². The van der Waals surface area contributed by atoms with Crippen molar-refractivity contribution in [3.05, 3.63) is 28.2 Å². The molecule has 0 spiro atoms. The molecule has 0 saturated carbocycles. The first-order valence-corrected chi connectivity index (χ1v) is 9.53. The lowest BCUT2D eigenvalue weighted by Gasteiger charge is -2.37. The molecule has 0 bridgehead atoms. The minimum Gasteiger partial charge on any atom is -0.353 e. The number of amides is 2. The Hall–Kier alpha value is -1.34. The summed E-state index contributed by atoms with van der Waals surface area (Å²) in [6.07, 6.45) is 0. The maximum absolute atomic E-state index is 12.5. The predicted molar refractivity (Wildman–Crippen MR) is 106 cm³/mol. The Labute approximate surface area is 164 Å². The highest BCUT2D eigenvalue weighted by molar-refractivity contribution is 6.35. The Bertz CT molecular complexity index is 626. The summed E-state index contributed by atoms with van der Waals surface area (Å²) in [6, 6.07) is 4.83. The van der Waals surface area contributed by atoms with Crippen LogP contribution in [0, 0.1) is 0 Å². The van der Waals surface area contributed by atoms with Crippen molar-refractivity contribution in [2.24, 2.45) is 0 Å². The quantitative estimate of drug-likeness (QED) is 0.769. The number of carbonyl (C=O) groups is 2. The second kappa shape index (κ2) is 9.55. The molecule has 1 saturated heterocycles. The molecule has 6 nitrogen and oxygen atoms in total. The predicted octanol–water partition coefficient (Wildman–Crippen LogP) is 2.46. The van der Waals surface area contributed by atoms with E-state index in [1.54, 1.807) is 18.2 Å². The lowest BCUT2D eigenvalue weighted by Crippen LogP contribution is -2.54. The van der Waals surface area contributed by atoms with E-state index >= 15 is 0 Å². The standard InChI is InChI=1S/C18H26Cl2N4O2/c1-12(2)21-17(25)11-23-4-6-24(7-5-23)13(3)18(26)22-16-9-14(19)8-15(20)10-16/h8-10,12-13H,4-7,11H2,1-3H3,(H,21,25)(H,22,26)/t13-/m1/s1. The molecule has 1 heterocycles. The number of nitrogens with zero attached hydrogens (tertiary/aromatic N) is 2. The van der Waals surface area contributed by atoms with Gasteiger partial charge in [0, 0.05) is 48.0 Å². The normalized spacial score (nSPS) is 17.2. The van der Waals surface area contributed by atoms with Crippen molar-refractivity contribution in [3.8, 4) is 0 Å². The van der Waals surface area contributed by atoms with E-state index in [1.165, 1.54) is 0 Å². The molecule has 2 amide bonds. The third-order valence-electron chi connectivity index (χ3n) is 4.28. The molecule has 0 unspecified atom stereocenters. The minimum absolute atomic E-state index is 0.0390. The van der Waals surface area contributed by atoms with Crippen molar-refractivity contribution >= 4 is 40.7 Å². The smallest absolute Gasteiger partial charge is 0.241 e. The fourth-order valence-corrected chi connectivity index (χ4v) is 3.44. The minimum atomic E-state index is -0.278. The molecular weight excluding hydrogens is 375 g/mol. The van der Waals surface area contributed by atoms with Crippen LogP contribution in [-0.2, 0) is 9.59 Å². The molecule has 1 fully saturated rings. The highest BCUT2D eigenvalue weighted by Crippen LogP contribution is 2.22. The van der Waals surface area contributed by atoms with Gasteiger partial charge in [-0.3, -0.25) is 19.4 Å². The Balaban J connectivity index is 1.82. The van der Waals surface area contributed by atoms with Gasteiger partial charge in [-0.1, -0.05) is 23.2 Å². The van der Waals surface area contributed by atoms with Crippen molar-refractivity contribution in [2.75, 3.05) is 38.0 Å². The molecule has 2 N–H and O–H groups in total. The van der Waals surface area contributed by atoms with Crippen molar-refractivity contribution < 1.29 is 9.59 Å². The molecular formula is C18H26Cl2N4O2. The molecule has 0 radical (unpaired) electrons. The topological polar surface area (TPSA) is 64.7 Å². The summed E-state index contributed by atoms with van der Waals surface area (Å²) in [5.41, 5.74) is 0.586. The van der Waals surface area contributed by atoms with Crippen LogP contribution in [0.5, 0.6) is 0 Å². The summed E-state index contributed by atoms with van der Waals surface area (Å²) in [4.78, 5) is 28.6. The third-order valence-corrected chi connectivity index (χ3v) is 4.72. The molecule has 2 rings (SSSR count). The molecule has 1 aliphatic rings. The summed E-state index contributed by atoms with van der Waals surface area (Å²) in [5, 5.41) is 6.72. The van der Waals surface area contributed by atoms with Crippen LogP contribution in [0.1, 0.15) is 20.8 Å². The Morgan fingerprint density at radius 1 is 1.04 bits per heavy atom. The Morgan fingerprint density at radius 2 is 1.62 bits per heavy atom. The number of hydrogen-bond acceptors (Lipinski definition) is 4. The van der Waals surface area contributed by atoms with Gasteiger partial charge in [0.25, 0.3) is 0 Å². The molecule has 1 aromatic carbocycles. The van der Waals surface area contributed by atoms with Crippen LogP contribution < -0.4 is 10.6 Å². The largest absolute Gasteiger partial charge is 0.353 e. The second-order valence-corrected chi connectivity index (χ2v) is 7.73. The second-order valence-electron chi connectivity index (χ2n) is 6.86. The maximum atomic E-state index is 12.5. The molecule has 0 aromatic heterocycles. The lowest BCUT2D eigenvalue weighted by molar-refractivity contribution is -0.125. The summed E-state index contributed by atoms with van der Waals surface area (Å²) in [6.45, 7) is 9.15. The molecule has 1 atom stereocenters. The van der Waals surface area contributed by atoms with E-state index in [4.69, 9.17) is 23.2 Å². The van der Waals surface area contributed by atoms with Crippen LogP contribution in [0.2, 0.25) is 10.0 Å². The molecule has 1 aromatic rings. The van der Waals surface area contributed by atoms with Gasteiger partial charge in [0.1, 0.15) is 0 Å². The van der Waals surface area contributed by atoms with E-state index < -0.39 is 0 Å². The van der Waals surface area contributed by atoms with E-state index in [0.717, 1.165) is 26.2 Å². The lowest BCUT2D eigenvalue weighted by atomic mass is 10.2. The van der Waals surface area contributed by atoms with Crippen LogP contribution in [0.3, 0.4) is 0 Å². The number of anilines is 1. The van der Waals surface area contributed by atoms with Crippen molar-refractivity contribution in [1.29, 1.82) is 0 Å². The van der Waals surface area contributed by atoms with Gasteiger partial charge < -0.3 is 10.6 Å². The van der Waals surface area contributed by atoms with Gasteiger partial charge in [-0.15, -0.1) is 0 Å². The zero-order valence-corrected chi connectivity index (χ0v) is 16.9. The van der Waals surface area contributed by atoms with E-state index in [0.29, 0.717) is 22.3 Å². The molecule has 0 aliphatic carbocycles. The average molecular weight is 401 g/mol. The monoisotopic (exact) mass is 400 g/mol. The van der Waals surface area contributed by atoms with Crippen molar-refractivity contribution in [1.82, 2.24) is 15.1 Å². The van der Waals surface area contributed by atoms with Gasteiger partial charge in [0.2, 0.25) is 11.8 Å². The SMILES string of the molecule is CC(C)NC(=O)CN1CCN([C@H](C)C(=O)Nc2cc(Cl)cc(Cl)c2)CC1. The number of carbonyl (C=O) groups excluding carboxylic acids is 2. The van der Waals surface area contributed by atoms with E-state index in [9.17, 15) is 9.59 Å². The van der Waals surface area contributed by atoms with Crippen LogP contribution in [0.4, 0.5) is 5.69 Å². The number of benzene rings is 1. The maximum Gasteiger partial charge on any atom is 0.241 e. The first-order valence-electron chi connectivity index (χ1n) is 8.77. The Kier molecular flexibility index (Phi) is 7.70. The van der Waals surface area contributed by atoms with Gasteiger partial charge in [-0.05, 0) is 39.0 Å². The highest BCUT2D eigenvalue weighted by Gasteiger charge is 2.26. The average Bonchev–Trinajstić information content (AvgIpc) is 2.53. The molecule has 26 heavy (non-hydrogen) atoms. The molecule has 8 heteroatoms. The van der Waals surface area contributed by atoms with Crippen molar-refractivity contribution in [2.45, 2.75) is 32.9 Å². The number of rotatable bonds is 6. The zero-order chi connectivity index (χ0) is 19.3. The van der Waals surface area contributed by atoms with Gasteiger partial charge in [0.05, 0.1) is 12.6 Å². The molecule has 1 aliphatic heterocycles. The summed E-state index contributed by atoms with van der Waals surface area (Å²) in [5.74, 6) is -0.0635. The number of piperazine rings is 1. The van der Waals surface area contributed by atoms with Crippen LogP contribution in [-0.4, -0.2) is 66.4 Å². The summed E-state index contributed by atoms with van der Waals surface area (Å²) < 4.78 is 0. The first kappa shape index (κ1) is 21.0. The number of nitrogens with one attached hydrogen (secondary N) is 2. The molecule has 144 valence electrons. The van der Waals surface area contributed by atoms with E-state index in [-0.39, 0.29) is 23.9 Å². The first-order chi connectivity index (χ1) is 12.2. The van der Waals surface area contributed by atoms with Gasteiger partial charge in [-0.2, -0.15) is 0 Å². The number of halogens is 2. The van der Waals surface area contributed by atoms with E-state index in [2.05, 4.69) is 20.4 Å². The van der Waals surface area contributed by atoms with E-state index in [1.807, 2.05) is 20.8 Å². The van der Waals surface area contributed by atoms with Gasteiger partial charge >= 0.3 is 0 Å². The van der Waals surface area contributed by atoms with Gasteiger partial charge in [-0.25, -0.2) is 0 Å². The zero-order valence-electron chi connectivity index (χ0n) is 15.4. The summed E-state index contributed by atoms with van der Waals surface area (Å²) >= 11 is 11.9.